The summed E-state index contributed by atoms with van der Waals surface area (Å²) in [7, 11) is 3.88. The second-order valence-corrected chi connectivity index (χ2v) is 11.8. The van der Waals surface area contributed by atoms with Crippen LogP contribution in [0.4, 0.5) is 10.3 Å². The quantitative estimate of drug-likeness (QED) is 0.320. The van der Waals surface area contributed by atoms with E-state index in [0.29, 0.717) is 22.5 Å². The molecular weight excluding hydrogens is 572 g/mol. The normalized spacial score (nSPS) is 13.5. The fraction of sp³-hybridized carbons (Fsp3) is 0.435. The predicted molar refractivity (Wildman–Crippen MR) is 158 cm³/mol. The van der Waals surface area contributed by atoms with Crippen LogP contribution in [0.1, 0.15) is 43.9 Å². The monoisotopic (exact) mass is 608 g/mol. The Kier molecular flexibility index (Phi) is 14.9. The van der Waals surface area contributed by atoms with Crippen LogP contribution in [0.5, 0.6) is 0 Å². The molecule has 0 fully saturated rings. The van der Waals surface area contributed by atoms with Gasteiger partial charge in [-0.25, -0.2) is 27.1 Å². The number of carboxylic acid groups (broad SMARTS) is 1. The summed E-state index contributed by atoms with van der Waals surface area (Å²) in [4.78, 5) is 20.3. The van der Waals surface area contributed by atoms with Gasteiger partial charge in [0.25, 0.3) is 0 Å². The van der Waals surface area contributed by atoms with Gasteiger partial charge in [-0.05, 0) is 37.2 Å². The van der Waals surface area contributed by atoms with Crippen molar-refractivity contribution in [3.63, 3.8) is 0 Å². The van der Waals surface area contributed by atoms with Crippen LogP contribution in [-0.2, 0) is 23.9 Å². The van der Waals surface area contributed by atoms with Crippen molar-refractivity contribution in [3.05, 3.63) is 47.4 Å². The van der Waals surface area contributed by atoms with Crippen molar-refractivity contribution >= 4 is 54.9 Å². The number of aromatic nitrogens is 2. The number of halogens is 1. The fourth-order valence-corrected chi connectivity index (χ4v) is 4.83. The van der Waals surface area contributed by atoms with Crippen LogP contribution >= 0.6 is 26.9 Å². The van der Waals surface area contributed by atoms with Crippen molar-refractivity contribution in [1.29, 1.82) is 0 Å². The molecule has 0 aliphatic carbocycles. The van der Waals surface area contributed by atoms with Crippen molar-refractivity contribution in [1.82, 2.24) is 9.97 Å². The zero-order valence-electron chi connectivity index (χ0n) is 22.0. The summed E-state index contributed by atoms with van der Waals surface area (Å²) >= 11 is 0. The third kappa shape index (κ3) is 10.5. The number of benzene rings is 1. The van der Waals surface area contributed by atoms with Crippen molar-refractivity contribution in [2.45, 2.75) is 44.8 Å². The lowest BCUT2D eigenvalue weighted by Gasteiger charge is -2.21. The number of nitrogens with zero attached hydrogens (tertiary/aromatic N) is 3. The van der Waals surface area contributed by atoms with Crippen LogP contribution in [0.2, 0.25) is 0 Å². The van der Waals surface area contributed by atoms with E-state index in [4.69, 9.17) is 9.05 Å². The highest BCUT2D eigenvalue weighted by atomic mass is 32.2. The van der Waals surface area contributed by atoms with Gasteiger partial charge < -0.3 is 19.9 Å². The highest BCUT2D eigenvalue weighted by Gasteiger charge is 2.23. The first kappa shape index (κ1) is 34.4. The SMILES string of the molecule is CC(C)c1nc(N(C)S(C)(=O)=O)nc(-c2ccc(F)cc2)c1/C=C/[C@H](C[C@H](CC(=O)O)OPP)OP.CN. The minimum Gasteiger partial charge on any atom is -0.481 e. The zero-order chi connectivity index (χ0) is 29.0. The Hall–Kier alpha value is -1.64. The molecule has 1 heterocycles. The van der Waals surface area contributed by atoms with E-state index in [1.807, 2.05) is 13.8 Å². The minimum atomic E-state index is -3.63. The molecule has 0 bridgehead atoms. The number of carboxylic acids is 1. The molecule has 212 valence electrons. The van der Waals surface area contributed by atoms with Gasteiger partial charge in [0, 0.05) is 42.6 Å². The molecule has 10 nitrogen and oxygen atoms in total. The van der Waals surface area contributed by atoms with Crippen molar-refractivity contribution in [2.75, 3.05) is 24.7 Å². The maximum absolute atomic E-state index is 13.6. The van der Waals surface area contributed by atoms with Gasteiger partial charge in [0.2, 0.25) is 16.0 Å². The molecule has 1 aromatic heterocycles. The Morgan fingerprint density at radius 2 is 1.87 bits per heavy atom. The second kappa shape index (κ2) is 16.5. The number of hydrogen-bond donors (Lipinski definition) is 2. The van der Waals surface area contributed by atoms with Crippen molar-refractivity contribution < 1.29 is 31.8 Å². The Labute approximate surface area is 230 Å². The molecule has 3 N–H and O–H groups in total. The molecule has 38 heavy (non-hydrogen) atoms. The summed E-state index contributed by atoms with van der Waals surface area (Å²) in [6.07, 6.45) is 3.60. The summed E-state index contributed by atoms with van der Waals surface area (Å²) in [5.74, 6) is -1.52. The summed E-state index contributed by atoms with van der Waals surface area (Å²) in [5, 5.41) is 9.17. The molecule has 0 aliphatic rings. The summed E-state index contributed by atoms with van der Waals surface area (Å²) in [6.45, 7) is 3.83. The molecular formula is C23H36FN4O6P3S. The molecule has 2 aromatic rings. The smallest absolute Gasteiger partial charge is 0.305 e. The van der Waals surface area contributed by atoms with E-state index in [-0.39, 0.29) is 33.2 Å². The van der Waals surface area contributed by atoms with Gasteiger partial charge >= 0.3 is 5.97 Å². The van der Waals surface area contributed by atoms with Gasteiger partial charge in [0.1, 0.15) is 5.82 Å². The lowest BCUT2D eigenvalue weighted by atomic mass is 9.97. The van der Waals surface area contributed by atoms with E-state index >= 15 is 0 Å². The number of nitrogens with two attached hydrogens (primary N) is 1. The van der Waals surface area contributed by atoms with Gasteiger partial charge in [0.15, 0.2) is 0 Å². The Morgan fingerprint density at radius 1 is 1.26 bits per heavy atom. The molecule has 0 saturated heterocycles. The molecule has 2 rings (SSSR count). The molecule has 1 aromatic carbocycles. The molecule has 0 aliphatic heterocycles. The first-order chi connectivity index (χ1) is 17.9. The standard InChI is InChI=1S/C22H31FN3O6P3S.CH5N/c1-13(2)20-18(10-9-16(31-33)11-17(32-35-34)12-19(27)28)21(14-5-7-15(23)8-6-14)25-22(24-20)26(3)36(4,29)30;1-2/h5-10,13,16-17,35H,11-12,33-34H2,1-4H3,(H,27,28);2H2,1H3/b10-9+;/t16-,17-;/m1./s1. The topological polar surface area (TPSA) is 145 Å². The van der Waals surface area contributed by atoms with E-state index in [1.54, 1.807) is 24.3 Å². The molecule has 0 amide bonds. The zero-order valence-corrected chi connectivity index (χ0v) is 26.1. The number of aliphatic carboxylic acids is 1. The Bertz CT molecular complexity index is 1190. The van der Waals surface area contributed by atoms with Gasteiger partial charge in [-0.15, -0.1) is 0 Å². The van der Waals surface area contributed by atoms with E-state index in [2.05, 4.69) is 34.1 Å². The van der Waals surface area contributed by atoms with Gasteiger partial charge in [-0.1, -0.05) is 34.9 Å². The summed E-state index contributed by atoms with van der Waals surface area (Å²) < 4.78 is 50.0. The minimum absolute atomic E-state index is 0.00659. The number of carbonyl (C=O) groups is 1. The molecule has 0 radical (unpaired) electrons. The van der Waals surface area contributed by atoms with Gasteiger partial charge in [-0.2, -0.15) is 0 Å². The predicted octanol–water partition coefficient (Wildman–Crippen LogP) is 4.20. The maximum Gasteiger partial charge on any atom is 0.305 e. The van der Waals surface area contributed by atoms with E-state index in [9.17, 15) is 22.7 Å². The number of sulfonamides is 1. The van der Waals surface area contributed by atoms with E-state index in [1.165, 1.54) is 26.2 Å². The maximum atomic E-state index is 13.6. The molecule has 0 saturated carbocycles. The van der Waals surface area contributed by atoms with Crippen molar-refractivity contribution in [3.8, 4) is 11.3 Å². The number of hydrogen-bond acceptors (Lipinski definition) is 8. The van der Waals surface area contributed by atoms with Crippen LogP contribution < -0.4 is 10.0 Å². The third-order valence-electron chi connectivity index (χ3n) is 5.19. The first-order valence-corrected chi connectivity index (χ1v) is 16.5. The largest absolute Gasteiger partial charge is 0.481 e. The third-order valence-corrected chi connectivity index (χ3v) is 7.58. The molecule has 0 spiro atoms. The molecule has 15 heteroatoms. The van der Waals surface area contributed by atoms with E-state index < -0.39 is 34.0 Å². The van der Waals surface area contributed by atoms with Crippen LogP contribution in [0.25, 0.3) is 17.3 Å². The average Bonchev–Trinajstić information content (AvgIpc) is 2.86. The van der Waals surface area contributed by atoms with Crippen molar-refractivity contribution in [2.24, 2.45) is 5.73 Å². The highest BCUT2D eigenvalue weighted by Crippen LogP contribution is 2.33. The van der Waals surface area contributed by atoms with Crippen LogP contribution in [0.15, 0.2) is 30.3 Å². The van der Waals surface area contributed by atoms with Gasteiger partial charge in [-0.3, -0.25) is 4.79 Å². The molecule has 3 unspecified atom stereocenters. The highest BCUT2D eigenvalue weighted by molar-refractivity contribution is 8.00. The Balaban J connectivity index is 0.00000352. The van der Waals surface area contributed by atoms with E-state index in [0.717, 1.165) is 10.6 Å². The lowest BCUT2D eigenvalue weighted by Crippen LogP contribution is -2.27. The van der Waals surface area contributed by atoms with Gasteiger partial charge in [0.05, 0.1) is 36.3 Å². The molecule has 5 atom stereocenters. The average molecular weight is 609 g/mol. The summed E-state index contributed by atoms with van der Waals surface area (Å²) in [5.41, 5.74) is 6.68. The summed E-state index contributed by atoms with van der Waals surface area (Å²) in [6, 6.07) is 5.71. The Morgan fingerprint density at radius 3 is 2.34 bits per heavy atom. The van der Waals surface area contributed by atoms with Crippen LogP contribution in [0, 0.1) is 5.82 Å². The number of anilines is 1. The first-order valence-electron chi connectivity index (χ1n) is 11.4. The second-order valence-electron chi connectivity index (χ2n) is 8.29. The van der Waals surface area contributed by atoms with Crippen LogP contribution in [0.3, 0.4) is 0 Å². The fourth-order valence-electron chi connectivity index (χ4n) is 3.30. The number of rotatable bonds is 13. The lowest BCUT2D eigenvalue weighted by molar-refractivity contribution is -0.138. The van der Waals surface area contributed by atoms with Crippen LogP contribution in [-0.4, -0.2) is 62.0 Å².